The number of carbonyl (C=O) groups is 3. The molecule has 1 aliphatic carbocycles. The van der Waals surface area contributed by atoms with Crippen LogP contribution < -0.4 is 16.2 Å². The largest absolute Gasteiger partial charge is 0.550 e. The lowest BCUT2D eigenvalue weighted by Gasteiger charge is -2.05. The fraction of sp³-hybridized carbons (Fsp3) is 0.250. The highest BCUT2D eigenvalue weighted by Gasteiger charge is 2.43. The number of amides is 2. The Morgan fingerprint density at radius 1 is 1.17 bits per heavy atom. The lowest BCUT2D eigenvalue weighted by atomic mass is 10.2. The van der Waals surface area contributed by atoms with E-state index in [-0.39, 0.29) is 5.91 Å². The normalized spacial score (nSPS) is 21.1. The van der Waals surface area contributed by atoms with E-state index < -0.39 is 23.7 Å². The molecule has 0 unspecified atom stereocenters. The minimum absolute atomic E-state index is 0.313. The fourth-order valence-corrected chi connectivity index (χ4v) is 1.70. The minimum Gasteiger partial charge on any atom is -0.550 e. The molecule has 0 bridgehead atoms. The van der Waals surface area contributed by atoms with Crippen molar-refractivity contribution in [2.24, 2.45) is 17.6 Å². The molecule has 6 heteroatoms. The molecule has 2 atom stereocenters. The van der Waals surface area contributed by atoms with Crippen molar-refractivity contribution in [3.8, 4) is 0 Å². The van der Waals surface area contributed by atoms with Crippen LogP contribution in [0.4, 0.5) is 5.69 Å². The summed E-state index contributed by atoms with van der Waals surface area (Å²) < 4.78 is 0. The predicted molar refractivity (Wildman–Crippen MR) is 60.2 cm³/mol. The third-order valence-electron chi connectivity index (χ3n) is 2.87. The maximum absolute atomic E-state index is 11.6. The third kappa shape index (κ3) is 2.48. The van der Waals surface area contributed by atoms with Crippen molar-refractivity contribution in [3.05, 3.63) is 29.8 Å². The Bertz CT molecular complexity index is 509. The average Bonchev–Trinajstić information content (AvgIpc) is 3.09. The highest BCUT2D eigenvalue weighted by molar-refractivity contribution is 5.98. The zero-order valence-electron chi connectivity index (χ0n) is 9.38. The molecule has 1 saturated carbocycles. The summed E-state index contributed by atoms with van der Waals surface area (Å²) in [5.41, 5.74) is 5.91. The van der Waals surface area contributed by atoms with E-state index in [4.69, 9.17) is 5.73 Å². The van der Waals surface area contributed by atoms with Gasteiger partial charge in [0.25, 0.3) is 0 Å². The SMILES string of the molecule is NC(=O)c1ccc(NC(=O)[C@@H]2C[C@H]2C(=O)[O-])cc1. The van der Waals surface area contributed by atoms with Gasteiger partial charge in [0.15, 0.2) is 0 Å². The van der Waals surface area contributed by atoms with Crippen LogP contribution in [-0.2, 0) is 9.59 Å². The van der Waals surface area contributed by atoms with Gasteiger partial charge in [0.1, 0.15) is 0 Å². The van der Waals surface area contributed by atoms with Crippen LogP contribution in [0.3, 0.4) is 0 Å². The van der Waals surface area contributed by atoms with Crippen molar-refractivity contribution in [3.63, 3.8) is 0 Å². The first-order valence-electron chi connectivity index (χ1n) is 5.40. The molecule has 0 saturated heterocycles. The van der Waals surface area contributed by atoms with Crippen LogP contribution in [0.25, 0.3) is 0 Å². The summed E-state index contributed by atoms with van der Waals surface area (Å²) in [6.45, 7) is 0. The van der Waals surface area contributed by atoms with Crippen LogP contribution >= 0.6 is 0 Å². The van der Waals surface area contributed by atoms with E-state index in [1.165, 1.54) is 24.3 Å². The van der Waals surface area contributed by atoms with Gasteiger partial charge in [-0.15, -0.1) is 0 Å². The van der Waals surface area contributed by atoms with E-state index in [1.54, 1.807) is 0 Å². The average molecular weight is 247 g/mol. The van der Waals surface area contributed by atoms with E-state index in [0.29, 0.717) is 17.7 Å². The number of benzene rings is 1. The number of primary amides is 1. The zero-order chi connectivity index (χ0) is 13.3. The first kappa shape index (κ1) is 12.1. The first-order chi connectivity index (χ1) is 8.49. The number of carbonyl (C=O) groups excluding carboxylic acids is 3. The Morgan fingerprint density at radius 2 is 1.78 bits per heavy atom. The monoisotopic (exact) mass is 247 g/mol. The van der Waals surface area contributed by atoms with Crippen molar-refractivity contribution in [1.29, 1.82) is 0 Å². The fourth-order valence-electron chi connectivity index (χ4n) is 1.70. The van der Waals surface area contributed by atoms with Crippen molar-refractivity contribution in [2.45, 2.75) is 6.42 Å². The second-order valence-corrected chi connectivity index (χ2v) is 4.20. The Labute approximate surface area is 103 Å². The molecule has 0 aliphatic heterocycles. The lowest BCUT2D eigenvalue weighted by Crippen LogP contribution is -2.27. The van der Waals surface area contributed by atoms with E-state index >= 15 is 0 Å². The van der Waals surface area contributed by atoms with Crippen molar-refractivity contribution < 1.29 is 19.5 Å². The summed E-state index contributed by atoms with van der Waals surface area (Å²) in [6, 6.07) is 6.05. The van der Waals surface area contributed by atoms with Crippen LogP contribution in [-0.4, -0.2) is 17.8 Å². The molecule has 2 rings (SSSR count). The first-order valence-corrected chi connectivity index (χ1v) is 5.40. The van der Waals surface area contributed by atoms with Gasteiger partial charge in [-0.1, -0.05) is 0 Å². The smallest absolute Gasteiger partial charge is 0.248 e. The summed E-state index contributed by atoms with van der Waals surface area (Å²) in [5, 5.41) is 13.1. The number of rotatable bonds is 4. The molecular formula is C12H11N2O4-. The lowest BCUT2D eigenvalue weighted by molar-refractivity contribution is -0.308. The zero-order valence-corrected chi connectivity index (χ0v) is 9.38. The molecule has 0 aromatic heterocycles. The third-order valence-corrected chi connectivity index (χ3v) is 2.87. The summed E-state index contributed by atoms with van der Waals surface area (Å²) >= 11 is 0. The number of nitrogens with one attached hydrogen (secondary N) is 1. The molecule has 0 radical (unpaired) electrons. The van der Waals surface area contributed by atoms with Gasteiger partial charge in [-0.3, -0.25) is 9.59 Å². The van der Waals surface area contributed by atoms with Gasteiger partial charge in [-0.05, 0) is 30.7 Å². The maximum atomic E-state index is 11.6. The predicted octanol–water partition coefficient (Wildman–Crippen LogP) is -0.890. The van der Waals surface area contributed by atoms with Crippen LogP contribution in [0.1, 0.15) is 16.8 Å². The number of nitrogens with two attached hydrogens (primary N) is 1. The quantitative estimate of drug-likeness (QED) is 0.718. The van der Waals surface area contributed by atoms with Crippen LogP contribution in [0.15, 0.2) is 24.3 Å². The van der Waals surface area contributed by atoms with Crippen molar-refractivity contribution >= 4 is 23.5 Å². The summed E-state index contributed by atoms with van der Waals surface area (Å²) in [6.07, 6.45) is 0.313. The molecule has 94 valence electrons. The van der Waals surface area contributed by atoms with Crippen molar-refractivity contribution in [2.75, 3.05) is 5.32 Å². The molecule has 3 N–H and O–H groups in total. The van der Waals surface area contributed by atoms with Gasteiger partial charge in [-0.25, -0.2) is 0 Å². The second-order valence-electron chi connectivity index (χ2n) is 4.20. The number of hydrogen-bond donors (Lipinski definition) is 2. The number of anilines is 1. The molecular weight excluding hydrogens is 236 g/mol. The molecule has 1 aromatic carbocycles. The van der Waals surface area contributed by atoms with Crippen molar-refractivity contribution in [1.82, 2.24) is 0 Å². The van der Waals surface area contributed by atoms with Crippen LogP contribution in [0.2, 0.25) is 0 Å². The molecule has 0 heterocycles. The van der Waals surface area contributed by atoms with E-state index in [9.17, 15) is 19.5 Å². The van der Waals surface area contributed by atoms with E-state index in [2.05, 4.69) is 5.32 Å². The Kier molecular flexibility index (Phi) is 3.01. The summed E-state index contributed by atoms with van der Waals surface area (Å²) in [7, 11) is 0. The molecule has 0 spiro atoms. The van der Waals surface area contributed by atoms with Crippen LogP contribution in [0.5, 0.6) is 0 Å². The molecule has 1 aromatic rings. The Hall–Kier alpha value is -2.37. The summed E-state index contributed by atoms with van der Waals surface area (Å²) in [5.74, 6) is -3.30. The van der Waals surface area contributed by atoms with E-state index in [1.807, 2.05) is 0 Å². The van der Waals surface area contributed by atoms with Gasteiger partial charge in [0.2, 0.25) is 11.8 Å². The van der Waals surface area contributed by atoms with Gasteiger partial charge in [-0.2, -0.15) is 0 Å². The number of carboxylic acids is 1. The highest BCUT2D eigenvalue weighted by Crippen LogP contribution is 2.38. The second kappa shape index (κ2) is 4.48. The van der Waals surface area contributed by atoms with Crippen LogP contribution in [0, 0.1) is 11.8 Å². The molecule has 1 fully saturated rings. The van der Waals surface area contributed by atoms with Gasteiger partial charge in [0.05, 0.1) is 0 Å². The van der Waals surface area contributed by atoms with Gasteiger partial charge >= 0.3 is 0 Å². The molecule has 1 aliphatic rings. The summed E-state index contributed by atoms with van der Waals surface area (Å²) in [4.78, 5) is 33.0. The van der Waals surface area contributed by atoms with Gasteiger partial charge < -0.3 is 21.0 Å². The maximum Gasteiger partial charge on any atom is 0.248 e. The Morgan fingerprint density at radius 3 is 2.22 bits per heavy atom. The molecule has 6 nitrogen and oxygen atoms in total. The Balaban J connectivity index is 1.96. The molecule has 18 heavy (non-hydrogen) atoms. The number of carboxylic acid groups (broad SMARTS) is 1. The number of hydrogen-bond acceptors (Lipinski definition) is 4. The topological polar surface area (TPSA) is 112 Å². The standard InChI is InChI=1S/C12H12N2O4/c13-10(15)6-1-3-7(4-2-6)14-11(16)8-5-9(8)12(17)18/h1-4,8-9H,5H2,(H2,13,15)(H,14,16)(H,17,18)/p-1/t8-,9-/m1/s1. The minimum atomic E-state index is -1.20. The van der Waals surface area contributed by atoms with Gasteiger partial charge in [0, 0.05) is 29.1 Å². The molecule has 2 amide bonds. The highest BCUT2D eigenvalue weighted by atomic mass is 16.4. The number of aliphatic carboxylic acids is 1. The van der Waals surface area contributed by atoms with E-state index in [0.717, 1.165) is 0 Å².